The Morgan fingerprint density at radius 2 is 2.18 bits per heavy atom. The van der Waals surface area contributed by atoms with Crippen molar-refractivity contribution in [1.82, 2.24) is 10.2 Å². The van der Waals surface area contributed by atoms with Crippen LogP contribution >= 0.6 is 11.8 Å². The quantitative estimate of drug-likeness (QED) is 0.741. The maximum Gasteiger partial charge on any atom is 0.222 e. The number of hydrogen-bond acceptors (Lipinski definition) is 3. The van der Waals surface area contributed by atoms with E-state index >= 15 is 0 Å². The summed E-state index contributed by atoms with van der Waals surface area (Å²) in [6, 6.07) is 0.677. The molecule has 2 unspecified atom stereocenters. The largest absolute Gasteiger partial charge is 0.349 e. The molecule has 0 aromatic carbocycles. The lowest BCUT2D eigenvalue weighted by molar-refractivity contribution is -0.128. The average Bonchev–Trinajstić information content (AvgIpc) is 2.34. The zero-order valence-corrected chi connectivity index (χ0v) is 12.2. The smallest absolute Gasteiger partial charge is 0.222 e. The highest BCUT2D eigenvalue weighted by atomic mass is 32.2. The van der Waals surface area contributed by atoms with Crippen molar-refractivity contribution in [3.8, 4) is 0 Å². The second-order valence-electron chi connectivity index (χ2n) is 5.07. The number of nitrogens with one attached hydrogen (secondary N) is 1. The monoisotopic (exact) mass is 258 g/mol. The first-order valence-electron chi connectivity index (χ1n) is 6.59. The molecule has 1 aliphatic carbocycles. The topological polar surface area (TPSA) is 32.3 Å². The summed E-state index contributed by atoms with van der Waals surface area (Å²) in [7, 11) is 3.64. The Hall–Kier alpha value is -0.220. The third-order valence-corrected chi connectivity index (χ3v) is 4.55. The van der Waals surface area contributed by atoms with E-state index in [1.165, 1.54) is 25.7 Å². The Bertz CT molecular complexity index is 233. The molecule has 0 aromatic heterocycles. The SMILES string of the molecule is CSC1CCCC(NCCCC(=O)N(C)C)C1. The summed E-state index contributed by atoms with van der Waals surface area (Å²) in [4.78, 5) is 13.1. The van der Waals surface area contributed by atoms with Crippen molar-refractivity contribution in [2.75, 3.05) is 26.9 Å². The van der Waals surface area contributed by atoms with Crippen LogP contribution in [0.1, 0.15) is 38.5 Å². The Morgan fingerprint density at radius 1 is 1.41 bits per heavy atom. The van der Waals surface area contributed by atoms with Gasteiger partial charge in [0.1, 0.15) is 0 Å². The van der Waals surface area contributed by atoms with Crippen LogP contribution in [0.4, 0.5) is 0 Å². The molecule has 1 amide bonds. The third-order valence-electron chi connectivity index (χ3n) is 3.46. The van der Waals surface area contributed by atoms with Crippen LogP contribution in [0.15, 0.2) is 0 Å². The highest BCUT2D eigenvalue weighted by molar-refractivity contribution is 7.99. The molecule has 1 rings (SSSR count). The van der Waals surface area contributed by atoms with Gasteiger partial charge >= 0.3 is 0 Å². The number of carbonyl (C=O) groups is 1. The van der Waals surface area contributed by atoms with Crippen molar-refractivity contribution in [1.29, 1.82) is 0 Å². The first kappa shape index (κ1) is 14.8. The first-order valence-corrected chi connectivity index (χ1v) is 7.88. The molecule has 2 atom stereocenters. The van der Waals surface area contributed by atoms with E-state index in [-0.39, 0.29) is 5.91 Å². The van der Waals surface area contributed by atoms with Gasteiger partial charge in [-0.15, -0.1) is 0 Å². The van der Waals surface area contributed by atoms with Gasteiger partial charge in [-0.2, -0.15) is 11.8 Å². The van der Waals surface area contributed by atoms with Crippen LogP contribution in [-0.2, 0) is 4.79 Å². The minimum atomic E-state index is 0.234. The number of carbonyl (C=O) groups excluding carboxylic acids is 1. The van der Waals surface area contributed by atoms with E-state index in [4.69, 9.17) is 0 Å². The maximum atomic E-state index is 11.4. The molecule has 1 aliphatic rings. The van der Waals surface area contributed by atoms with Gasteiger partial charge in [0.05, 0.1) is 0 Å². The molecule has 4 heteroatoms. The van der Waals surface area contributed by atoms with Crippen LogP contribution in [0.25, 0.3) is 0 Å². The molecular formula is C13H26N2OS. The second kappa shape index (κ2) is 7.98. The van der Waals surface area contributed by atoms with E-state index in [1.54, 1.807) is 4.90 Å². The molecule has 0 aromatic rings. The van der Waals surface area contributed by atoms with Gasteiger partial charge in [0, 0.05) is 31.8 Å². The Kier molecular flexibility index (Phi) is 6.97. The summed E-state index contributed by atoms with van der Waals surface area (Å²) in [6.07, 6.45) is 9.15. The third kappa shape index (κ3) is 5.77. The lowest BCUT2D eigenvalue weighted by Gasteiger charge is -2.28. The van der Waals surface area contributed by atoms with Gasteiger partial charge in [0.25, 0.3) is 0 Å². The zero-order valence-electron chi connectivity index (χ0n) is 11.4. The van der Waals surface area contributed by atoms with Crippen molar-refractivity contribution >= 4 is 17.7 Å². The van der Waals surface area contributed by atoms with Crippen LogP contribution in [0, 0.1) is 0 Å². The van der Waals surface area contributed by atoms with Gasteiger partial charge in [-0.25, -0.2) is 0 Å². The number of rotatable bonds is 6. The number of hydrogen-bond donors (Lipinski definition) is 1. The molecule has 1 N–H and O–H groups in total. The number of amides is 1. The van der Waals surface area contributed by atoms with E-state index < -0.39 is 0 Å². The maximum absolute atomic E-state index is 11.4. The molecule has 0 saturated heterocycles. The average molecular weight is 258 g/mol. The highest BCUT2D eigenvalue weighted by Gasteiger charge is 2.20. The van der Waals surface area contributed by atoms with Crippen molar-refractivity contribution in [3.63, 3.8) is 0 Å². The number of thioether (sulfide) groups is 1. The van der Waals surface area contributed by atoms with Crippen LogP contribution in [0.2, 0.25) is 0 Å². The molecule has 0 heterocycles. The van der Waals surface area contributed by atoms with Gasteiger partial charge in [-0.05, 0) is 38.5 Å². The van der Waals surface area contributed by atoms with Crippen molar-refractivity contribution < 1.29 is 4.79 Å². The fourth-order valence-electron chi connectivity index (χ4n) is 2.31. The van der Waals surface area contributed by atoms with E-state index in [0.29, 0.717) is 12.5 Å². The van der Waals surface area contributed by atoms with Gasteiger partial charge in [-0.1, -0.05) is 6.42 Å². The summed E-state index contributed by atoms with van der Waals surface area (Å²) in [5.41, 5.74) is 0. The van der Waals surface area contributed by atoms with Gasteiger partial charge in [0.2, 0.25) is 5.91 Å². The molecule has 1 fully saturated rings. The summed E-state index contributed by atoms with van der Waals surface area (Å²) >= 11 is 2.00. The van der Waals surface area contributed by atoms with E-state index in [1.807, 2.05) is 25.9 Å². The van der Waals surface area contributed by atoms with Crippen LogP contribution < -0.4 is 5.32 Å². The summed E-state index contributed by atoms with van der Waals surface area (Å²) in [5, 5.41) is 4.43. The van der Waals surface area contributed by atoms with E-state index in [2.05, 4.69) is 11.6 Å². The fraction of sp³-hybridized carbons (Fsp3) is 0.923. The molecule has 0 bridgehead atoms. The lowest BCUT2D eigenvalue weighted by atomic mass is 9.95. The van der Waals surface area contributed by atoms with Gasteiger partial charge in [0.15, 0.2) is 0 Å². The predicted octanol–water partition coefficient (Wildman–Crippen LogP) is 2.12. The minimum absolute atomic E-state index is 0.234. The van der Waals surface area contributed by atoms with Crippen LogP contribution in [-0.4, -0.2) is 49.0 Å². The van der Waals surface area contributed by atoms with Crippen molar-refractivity contribution in [3.05, 3.63) is 0 Å². The standard InChI is InChI=1S/C13H26N2OS/c1-15(2)13(16)8-5-9-14-11-6-4-7-12(10-11)17-3/h11-12,14H,4-10H2,1-3H3. The lowest BCUT2D eigenvalue weighted by Crippen LogP contribution is -2.36. The van der Waals surface area contributed by atoms with Crippen molar-refractivity contribution in [2.24, 2.45) is 0 Å². The summed E-state index contributed by atoms with van der Waals surface area (Å²) < 4.78 is 0. The molecule has 100 valence electrons. The first-order chi connectivity index (χ1) is 8.13. The molecule has 1 saturated carbocycles. The van der Waals surface area contributed by atoms with Crippen LogP contribution in [0.3, 0.4) is 0 Å². The Balaban J connectivity index is 2.08. The van der Waals surface area contributed by atoms with E-state index in [0.717, 1.165) is 18.2 Å². The normalized spacial score (nSPS) is 24.6. The Morgan fingerprint density at radius 3 is 2.82 bits per heavy atom. The molecule has 0 radical (unpaired) electrons. The molecule has 3 nitrogen and oxygen atoms in total. The molecular weight excluding hydrogens is 232 g/mol. The van der Waals surface area contributed by atoms with Gasteiger partial charge < -0.3 is 10.2 Å². The summed E-state index contributed by atoms with van der Waals surface area (Å²) in [6.45, 7) is 0.978. The predicted molar refractivity (Wildman–Crippen MR) is 75.5 cm³/mol. The minimum Gasteiger partial charge on any atom is -0.349 e. The number of nitrogens with zero attached hydrogens (tertiary/aromatic N) is 1. The van der Waals surface area contributed by atoms with Crippen LogP contribution in [0.5, 0.6) is 0 Å². The van der Waals surface area contributed by atoms with E-state index in [9.17, 15) is 4.79 Å². The zero-order chi connectivity index (χ0) is 12.7. The molecule has 17 heavy (non-hydrogen) atoms. The van der Waals surface area contributed by atoms with Gasteiger partial charge in [-0.3, -0.25) is 4.79 Å². The summed E-state index contributed by atoms with van der Waals surface area (Å²) in [5.74, 6) is 0.234. The highest BCUT2D eigenvalue weighted by Crippen LogP contribution is 2.26. The second-order valence-corrected chi connectivity index (χ2v) is 6.21. The Labute approximate surface area is 110 Å². The fourth-order valence-corrected chi connectivity index (χ4v) is 3.14. The molecule has 0 spiro atoms. The molecule has 0 aliphatic heterocycles. The van der Waals surface area contributed by atoms with Crippen molar-refractivity contribution in [2.45, 2.75) is 49.8 Å².